The van der Waals surface area contributed by atoms with Gasteiger partial charge >= 0.3 is 5.97 Å². The number of nitrogen functional groups attached to an aromatic ring is 1. The number of carbonyl (C=O) groups is 1. The van der Waals surface area contributed by atoms with Crippen LogP contribution < -0.4 is 10.6 Å². The number of piperidine rings is 1. The van der Waals surface area contributed by atoms with Crippen molar-refractivity contribution in [1.29, 1.82) is 0 Å². The minimum absolute atomic E-state index is 0.314. The van der Waals surface area contributed by atoms with Crippen LogP contribution in [0.15, 0.2) is 18.2 Å². The SMILES string of the molecule is CCOC(=O)c1ccc(N2C(C)CCCC2C)c(N)c1. The molecule has 110 valence electrons. The number of benzene rings is 1. The Labute approximate surface area is 120 Å². The molecule has 2 unspecified atom stereocenters. The summed E-state index contributed by atoms with van der Waals surface area (Å²) in [6, 6.07) is 6.43. The quantitative estimate of drug-likeness (QED) is 0.680. The van der Waals surface area contributed by atoms with E-state index in [-0.39, 0.29) is 5.97 Å². The lowest BCUT2D eigenvalue weighted by Crippen LogP contribution is -2.44. The highest BCUT2D eigenvalue weighted by Crippen LogP contribution is 2.33. The van der Waals surface area contributed by atoms with Gasteiger partial charge in [0.15, 0.2) is 0 Å². The van der Waals surface area contributed by atoms with Gasteiger partial charge in [0.1, 0.15) is 0 Å². The minimum Gasteiger partial charge on any atom is -0.462 e. The predicted molar refractivity (Wildman–Crippen MR) is 82.1 cm³/mol. The van der Waals surface area contributed by atoms with E-state index in [4.69, 9.17) is 10.5 Å². The summed E-state index contributed by atoms with van der Waals surface area (Å²) >= 11 is 0. The molecule has 2 N–H and O–H groups in total. The first kappa shape index (κ1) is 14.7. The lowest BCUT2D eigenvalue weighted by atomic mass is 9.96. The average Bonchev–Trinajstić information content (AvgIpc) is 2.40. The van der Waals surface area contributed by atoms with E-state index < -0.39 is 0 Å². The van der Waals surface area contributed by atoms with E-state index in [1.165, 1.54) is 19.3 Å². The van der Waals surface area contributed by atoms with Crippen LogP contribution in [0.3, 0.4) is 0 Å². The normalized spacial score (nSPS) is 22.6. The Morgan fingerprint density at radius 1 is 1.35 bits per heavy atom. The van der Waals surface area contributed by atoms with Crippen molar-refractivity contribution in [3.8, 4) is 0 Å². The Hall–Kier alpha value is -1.71. The zero-order valence-electron chi connectivity index (χ0n) is 12.6. The molecule has 1 aromatic rings. The van der Waals surface area contributed by atoms with Crippen LogP contribution in [0.1, 0.15) is 50.4 Å². The van der Waals surface area contributed by atoms with E-state index in [2.05, 4.69) is 18.7 Å². The summed E-state index contributed by atoms with van der Waals surface area (Å²) in [6.07, 6.45) is 3.63. The highest BCUT2D eigenvalue weighted by atomic mass is 16.5. The van der Waals surface area contributed by atoms with Crippen LogP contribution in [-0.2, 0) is 4.74 Å². The fraction of sp³-hybridized carbons (Fsp3) is 0.562. The second kappa shape index (κ2) is 6.16. The Kier molecular flexibility index (Phi) is 4.53. The summed E-state index contributed by atoms with van der Waals surface area (Å²) in [7, 11) is 0. The van der Waals surface area contributed by atoms with Gasteiger partial charge in [-0.25, -0.2) is 4.79 Å². The zero-order chi connectivity index (χ0) is 14.7. The van der Waals surface area contributed by atoms with Gasteiger partial charge in [-0.05, 0) is 58.2 Å². The number of hydrogen-bond donors (Lipinski definition) is 1. The molecule has 4 heteroatoms. The predicted octanol–water partition coefficient (Wildman–Crippen LogP) is 3.21. The third kappa shape index (κ3) is 2.89. The van der Waals surface area contributed by atoms with Crippen molar-refractivity contribution in [3.05, 3.63) is 23.8 Å². The molecule has 1 aliphatic heterocycles. The van der Waals surface area contributed by atoms with Crippen LogP contribution in [0.25, 0.3) is 0 Å². The molecule has 0 aliphatic carbocycles. The number of anilines is 2. The molecule has 1 aliphatic rings. The number of carbonyl (C=O) groups excluding carboxylic acids is 1. The van der Waals surface area contributed by atoms with Crippen LogP contribution in [0, 0.1) is 0 Å². The summed E-state index contributed by atoms with van der Waals surface area (Å²) in [4.78, 5) is 14.1. The summed E-state index contributed by atoms with van der Waals surface area (Å²) in [5, 5.41) is 0. The Morgan fingerprint density at radius 3 is 2.55 bits per heavy atom. The third-order valence-corrected chi connectivity index (χ3v) is 4.01. The number of nitrogens with two attached hydrogens (primary N) is 1. The third-order valence-electron chi connectivity index (χ3n) is 4.01. The smallest absolute Gasteiger partial charge is 0.338 e. The molecule has 0 spiro atoms. The molecule has 1 heterocycles. The number of rotatable bonds is 3. The van der Waals surface area contributed by atoms with Crippen molar-refractivity contribution < 1.29 is 9.53 Å². The van der Waals surface area contributed by atoms with Crippen LogP contribution in [0.5, 0.6) is 0 Å². The molecule has 1 aromatic carbocycles. The molecule has 0 saturated carbocycles. The second-order valence-electron chi connectivity index (χ2n) is 5.53. The van der Waals surface area contributed by atoms with E-state index in [9.17, 15) is 4.79 Å². The van der Waals surface area contributed by atoms with E-state index >= 15 is 0 Å². The summed E-state index contributed by atoms with van der Waals surface area (Å²) < 4.78 is 5.00. The highest BCUT2D eigenvalue weighted by Gasteiger charge is 2.26. The minimum atomic E-state index is -0.314. The lowest BCUT2D eigenvalue weighted by Gasteiger charge is -2.41. The van der Waals surface area contributed by atoms with E-state index in [0.717, 1.165) is 5.69 Å². The first-order valence-electron chi connectivity index (χ1n) is 7.39. The molecule has 0 amide bonds. The molecule has 1 saturated heterocycles. The molecule has 20 heavy (non-hydrogen) atoms. The molecular weight excluding hydrogens is 252 g/mol. The van der Waals surface area contributed by atoms with Crippen LogP contribution >= 0.6 is 0 Å². The van der Waals surface area contributed by atoms with E-state index in [1.54, 1.807) is 19.1 Å². The van der Waals surface area contributed by atoms with Crippen molar-refractivity contribution in [3.63, 3.8) is 0 Å². The highest BCUT2D eigenvalue weighted by molar-refractivity contribution is 5.92. The summed E-state index contributed by atoms with van der Waals surface area (Å²) in [5.74, 6) is -0.314. The van der Waals surface area contributed by atoms with Crippen molar-refractivity contribution in [2.24, 2.45) is 0 Å². The number of ether oxygens (including phenoxy) is 1. The molecule has 0 bridgehead atoms. The van der Waals surface area contributed by atoms with Crippen molar-refractivity contribution >= 4 is 17.3 Å². The molecule has 1 fully saturated rings. The maximum atomic E-state index is 11.7. The maximum absolute atomic E-state index is 11.7. The van der Waals surface area contributed by atoms with Crippen molar-refractivity contribution in [2.75, 3.05) is 17.2 Å². The largest absolute Gasteiger partial charge is 0.462 e. The Morgan fingerprint density at radius 2 is 2.00 bits per heavy atom. The summed E-state index contributed by atoms with van der Waals surface area (Å²) in [6.45, 7) is 6.64. The lowest BCUT2D eigenvalue weighted by molar-refractivity contribution is 0.0526. The van der Waals surface area contributed by atoms with Gasteiger partial charge in [0, 0.05) is 12.1 Å². The first-order valence-corrected chi connectivity index (χ1v) is 7.39. The monoisotopic (exact) mass is 276 g/mol. The van der Waals surface area contributed by atoms with Gasteiger partial charge in [0.25, 0.3) is 0 Å². The van der Waals surface area contributed by atoms with Crippen LogP contribution in [0.2, 0.25) is 0 Å². The van der Waals surface area contributed by atoms with E-state index in [1.807, 2.05) is 6.07 Å². The average molecular weight is 276 g/mol. The zero-order valence-corrected chi connectivity index (χ0v) is 12.6. The van der Waals surface area contributed by atoms with Gasteiger partial charge in [-0.3, -0.25) is 0 Å². The maximum Gasteiger partial charge on any atom is 0.338 e. The fourth-order valence-corrected chi connectivity index (χ4v) is 3.03. The number of esters is 1. The Bertz CT molecular complexity index is 477. The fourth-order valence-electron chi connectivity index (χ4n) is 3.03. The van der Waals surface area contributed by atoms with Crippen molar-refractivity contribution in [2.45, 2.75) is 52.1 Å². The molecule has 4 nitrogen and oxygen atoms in total. The molecule has 0 aromatic heterocycles. The van der Waals surface area contributed by atoms with Gasteiger partial charge in [0.2, 0.25) is 0 Å². The molecule has 2 atom stereocenters. The topological polar surface area (TPSA) is 55.6 Å². The second-order valence-corrected chi connectivity index (χ2v) is 5.53. The Balaban J connectivity index is 2.27. The van der Waals surface area contributed by atoms with Crippen LogP contribution in [-0.4, -0.2) is 24.7 Å². The van der Waals surface area contributed by atoms with Crippen molar-refractivity contribution in [1.82, 2.24) is 0 Å². The summed E-state index contributed by atoms with van der Waals surface area (Å²) in [5.41, 5.74) is 8.35. The van der Waals surface area contributed by atoms with E-state index in [0.29, 0.717) is 29.9 Å². The van der Waals surface area contributed by atoms with Gasteiger partial charge in [-0.1, -0.05) is 0 Å². The van der Waals surface area contributed by atoms with Gasteiger partial charge in [-0.2, -0.15) is 0 Å². The standard InChI is InChI=1S/C16H24N2O2/c1-4-20-16(19)13-8-9-15(14(17)10-13)18-11(2)6-5-7-12(18)3/h8-12H,4-7,17H2,1-3H3. The first-order chi connectivity index (χ1) is 9.54. The van der Waals surface area contributed by atoms with Gasteiger partial charge in [-0.15, -0.1) is 0 Å². The number of hydrogen-bond acceptors (Lipinski definition) is 4. The van der Waals surface area contributed by atoms with Crippen LogP contribution in [0.4, 0.5) is 11.4 Å². The molecule has 2 rings (SSSR count). The molecule has 0 radical (unpaired) electrons. The molecular formula is C16H24N2O2. The van der Waals surface area contributed by atoms with Gasteiger partial charge in [0.05, 0.1) is 23.5 Å². The van der Waals surface area contributed by atoms with Gasteiger partial charge < -0.3 is 15.4 Å². The number of nitrogens with zero attached hydrogens (tertiary/aromatic N) is 1.